The molecule has 9 heteroatoms. The summed E-state index contributed by atoms with van der Waals surface area (Å²) in [7, 11) is 1.68. The Balaban J connectivity index is 1.56. The van der Waals surface area contributed by atoms with Crippen molar-refractivity contribution in [1.29, 1.82) is 0 Å². The average molecular weight is 455 g/mol. The zero-order valence-corrected chi connectivity index (χ0v) is 18.9. The van der Waals surface area contributed by atoms with Crippen molar-refractivity contribution in [3.05, 3.63) is 63.4 Å². The van der Waals surface area contributed by atoms with Crippen molar-refractivity contribution in [2.45, 2.75) is 32.3 Å². The Morgan fingerprint density at radius 1 is 1.47 bits per heavy atom. The lowest BCUT2D eigenvalue weighted by molar-refractivity contribution is 0.0400. The number of rotatable bonds is 6. The van der Waals surface area contributed by atoms with E-state index in [4.69, 9.17) is 22.1 Å². The molecule has 2 aliphatic heterocycles. The molecular formula is C23H27ClN6O2. The number of anilines is 1. The molecule has 4 rings (SSSR count). The molecule has 0 bridgehead atoms. The second-order valence-electron chi connectivity index (χ2n) is 7.94. The maximum atomic E-state index is 13.1. The first-order chi connectivity index (χ1) is 15.5. The number of fused-ring (bicyclic) bond motifs is 1. The lowest BCUT2D eigenvalue weighted by Gasteiger charge is -2.33. The van der Waals surface area contributed by atoms with Crippen molar-refractivity contribution in [3.8, 4) is 0 Å². The molecule has 1 unspecified atom stereocenters. The fourth-order valence-electron chi connectivity index (χ4n) is 3.88. The van der Waals surface area contributed by atoms with Crippen LogP contribution in [-0.4, -0.2) is 48.4 Å². The monoisotopic (exact) mass is 454 g/mol. The number of benzene rings is 1. The van der Waals surface area contributed by atoms with E-state index in [1.165, 1.54) is 0 Å². The Morgan fingerprint density at radius 3 is 3.00 bits per heavy atom. The predicted octanol–water partition coefficient (Wildman–Crippen LogP) is 3.10. The van der Waals surface area contributed by atoms with Crippen LogP contribution in [0.3, 0.4) is 0 Å². The highest BCUT2D eigenvalue weighted by Crippen LogP contribution is 2.35. The summed E-state index contributed by atoms with van der Waals surface area (Å²) in [4.78, 5) is 21.5. The average Bonchev–Trinajstić information content (AvgIpc) is 3.31. The van der Waals surface area contributed by atoms with E-state index in [0.717, 1.165) is 36.1 Å². The zero-order valence-electron chi connectivity index (χ0n) is 18.2. The first kappa shape index (κ1) is 22.3. The molecular weight excluding hydrogens is 428 g/mol. The Bertz CT molecular complexity index is 1060. The van der Waals surface area contributed by atoms with Gasteiger partial charge in [-0.05, 0) is 61.1 Å². The first-order valence-electron chi connectivity index (χ1n) is 10.6. The van der Waals surface area contributed by atoms with Gasteiger partial charge in [0, 0.05) is 26.1 Å². The highest BCUT2D eigenvalue weighted by molar-refractivity contribution is 6.35. The van der Waals surface area contributed by atoms with Gasteiger partial charge in [-0.25, -0.2) is 0 Å². The topological polar surface area (TPSA) is 105 Å². The number of carbonyl (C=O) groups excluding carboxylic acids is 1. The van der Waals surface area contributed by atoms with Crippen LogP contribution in [0.1, 0.15) is 45.6 Å². The van der Waals surface area contributed by atoms with Gasteiger partial charge in [-0.15, -0.1) is 5.53 Å². The molecule has 1 aromatic carbocycles. The third-order valence-electron chi connectivity index (χ3n) is 5.74. The molecule has 1 fully saturated rings. The molecule has 0 spiro atoms. The SMILES string of the molecule is CN=CC=C(N)c1ccc(Cc2cc3c(c(Cl)c2C)NNN(CC2CCCO2)C3=O)cn1. The van der Waals surface area contributed by atoms with Crippen LogP contribution in [0.2, 0.25) is 5.02 Å². The summed E-state index contributed by atoms with van der Waals surface area (Å²) in [5, 5.41) is 2.09. The Kier molecular flexibility index (Phi) is 6.74. The summed E-state index contributed by atoms with van der Waals surface area (Å²) >= 11 is 6.63. The minimum atomic E-state index is -0.124. The van der Waals surface area contributed by atoms with E-state index in [1.807, 2.05) is 25.1 Å². The normalized spacial score (nSPS) is 18.8. The molecule has 2 aliphatic rings. The van der Waals surface area contributed by atoms with Crippen LogP contribution in [0, 0.1) is 6.92 Å². The third-order valence-corrected chi connectivity index (χ3v) is 6.21. The number of ether oxygens (including phenoxy) is 1. The van der Waals surface area contributed by atoms with E-state index < -0.39 is 0 Å². The van der Waals surface area contributed by atoms with Crippen LogP contribution in [-0.2, 0) is 11.2 Å². The molecule has 3 heterocycles. The Labute approximate surface area is 192 Å². The number of carbonyl (C=O) groups is 1. The van der Waals surface area contributed by atoms with Gasteiger partial charge < -0.3 is 15.9 Å². The van der Waals surface area contributed by atoms with Gasteiger partial charge in [0.15, 0.2) is 0 Å². The molecule has 32 heavy (non-hydrogen) atoms. The third kappa shape index (κ3) is 4.62. The number of allylic oxidation sites excluding steroid dienone is 1. The fraction of sp³-hybridized carbons (Fsp3) is 0.348. The van der Waals surface area contributed by atoms with Gasteiger partial charge in [0.1, 0.15) is 0 Å². The standard InChI is InChI=1S/C23H27ClN6O2/c1-14-16(10-15-5-6-20(27-12-15)19(25)7-8-26-2)11-18-22(21(14)24)28-29-30(23(18)31)13-17-4-3-9-32-17/h5-8,11-12,17,28-29H,3-4,9-10,13,25H2,1-2H3. The predicted molar refractivity (Wildman–Crippen MR) is 127 cm³/mol. The Morgan fingerprint density at radius 2 is 2.31 bits per heavy atom. The lowest BCUT2D eigenvalue weighted by Crippen LogP contribution is -2.52. The number of pyridine rings is 1. The number of nitrogens with two attached hydrogens (primary N) is 1. The van der Waals surface area contributed by atoms with Gasteiger partial charge in [-0.2, -0.15) is 0 Å². The van der Waals surface area contributed by atoms with E-state index >= 15 is 0 Å². The van der Waals surface area contributed by atoms with Crippen molar-refractivity contribution in [1.82, 2.24) is 15.5 Å². The molecule has 1 amide bonds. The van der Waals surface area contributed by atoms with E-state index in [9.17, 15) is 4.79 Å². The number of nitrogens with zero attached hydrogens (tertiary/aromatic N) is 3. The summed E-state index contributed by atoms with van der Waals surface area (Å²) in [6, 6.07) is 5.76. The molecule has 0 aliphatic carbocycles. The van der Waals surface area contributed by atoms with Crippen LogP contribution in [0.5, 0.6) is 0 Å². The van der Waals surface area contributed by atoms with E-state index in [-0.39, 0.29) is 12.0 Å². The van der Waals surface area contributed by atoms with Crippen molar-refractivity contribution in [3.63, 3.8) is 0 Å². The van der Waals surface area contributed by atoms with Gasteiger partial charge in [-0.3, -0.25) is 19.8 Å². The summed E-state index contributed by atoms with van der Waals surface area (Å²) in [5.74, 6) is -0.124. The maximum Gasteiger partial charge on any atom is 0.271 e. The second-order valence-corrected chi connectivity index (χ2v) is 8.32. The Hall–Kier alpha value is -2.94. The van der Waals surface area contributed by atoms with Crippen LogP contribution in [0.25, 0.3) is 5.70 Å². The first-order valence-corrected chi connectivity index (χ1v) is 11.0. The molecule has 1 aromatic heterocycles. The number of aliphatic imine (C=N–C) groups is 1. The highest BCUT2D eigenvalue weighted by Gasteiger charge is 2.30. The number of hydrogen-bond acceptors (Lipinski definition) is 7. The van der Waals surface area contributed by atoms with Gasteiger partial charge in [0.2, 0.25) is 0 Å². The number of halogens is 1. The summed E-state index contributed by atoms with van der Waals surface area (Å²) in [6.07, 6.45) is 7.74. The molecule has 8 nitrogen and oxygen atoms in total. The fourth-order valence-corrected chi connectivity index (χ4v) is 4.15. The number of hydrogen-bond donors (Lipinski definition) is 3. The van der Waals surface area contributed by atoms with Crippen LogP contribution < -0.4 is 16.7 Å². The molecule has 0 radical (unpaired) electrons. The zero-order chi connectivity index (χ0) is 22.7. The quantitative estimate of drug-likeness (QED) is 0.579. The summed E-state index contributed by atoms with van der Waals surface area (Å²) in [6.45, 7) is 3.18. The highest BCUT2D eigenvalue weighted by atomic mass is 35.5. The van der Waals surface area contributed by atoms with Crippen molar-refractivity contribution in [2.24, 2.45) is 10.7 Å². The summed E-state index contributed by atoms with van der Waals surface area (Å²) in [5.41, 5.74) is 17.3. The summed E-state index contributed by atoms with van der Waals surface area (Å²) < 4.78 is 5.67. The van der Waals surface area contributed by atoms with E-state index in [0.29, 0.717) is 40.6 Å². The van der Waals surface area contributed by atoms with Crippen molar-refractivity contribution in [2.75, 3.05) is 25.6 Å². The molecule has 1 atom stereocenters. The number of hydrazine groups is 2. The van der Waals surface area contributed by atoms with E-state index in [1.54, 1.807) is 30.5 Å². The van der Waals surface area contributed by atoms with Gasteiger partial charge in [0.05, 0.1) is 40.3 Å². The minimum Gasteiger partial charge on any atom is -0.397 e. The molecule has 4 N–H and O–H groups in total. The second kappa shape index (κ2) is 9.68. The van der Waals surface area contributed by atoms with Crippen molar-refractivity contribution >= 4 is 35.1 Å². The number of aromatic nitrogens is 1. The minimum absolute atomic E-state index is 0.0462. The van der Waals surface area contributed by atoms with Gasteiger partial charge >= 0.3 is 0 Å². The largest absolute Gasteiger partial charge is 0.397 e. The van der Waals surface area contributed by atoms with Crippen molar-refractivity contribution < 1.29 is 9.53 Å². The maximum absolute atomic E-state index is 13.1. The molecule has 0 saturated carbocycles. The van der Waals surface area contributed by atoms with Gasteiger partial charge in [0.25, 0.3) is 5.91 Å². The molecule has 168 valence electrons. The van der Waals surface area contributed by atoms with Gasteiger partial charge in [-0.1, -0.05) is 17.7 Å². The van der Waals surface area contributed by atoms with Crippen LogP contribution in [0.15, 0.2) is 35.5 Å². The number of amides is 1. The lowest BCUT2D eigenvalue weighted by atomic mass is 9.96. The van der Waals surface area contributed by atoms with E-state index in [2.05, 4.69) is 20.9 Å². The number of nitrogens with one attached hydrogen (secondary N) is 2. The van der Waals surface area contributed by atoms with Crippen LogP contribution in [0.4, 0.5) is 5.69 Å². The molecule has 2 aromatic rings. The van der Waals surface area contributed by atoms with Crippen LogP contribution >= 0.6 is 11.6 Å². The molecule has 1 saturated heterocycles. The smallest absolute Gasteiger partial charge is 0.271 e.